The smallest absolute Gasteiger partial charge is 0.321 e. The number of aromatic nitrogens is 1. The summed E-state index contributed by atoms with van der Waals surface area (Å²) in [6.07, 6.45) is 2.78. The Morgan fingerprint density at radius 3 is 2.45 bits per heavy atom. The number of rotatable bonds is 4. The van der Waals surface area contributed by atoms with Gasteiger partial charge in [0.05, 0.1) is 10.9 Å². The van der Waals surface area contributed by atoms with Gasteiger partial charge in [-0.05, 0) is 24.6 Å². The van der Waals surface area contributed by atoms with Crippen molar-refractivity contribution in [3.8, 4) is 0 Å². The highest BCUT2D eigenvalue weighted by atomic mass is 32.2. The molecule has 1 unspecified atom stereocenters. The molecule has 0 aliphatic carbocycles. The third-order valence-corrected chi connectivity index (χ3v) is 5.16. The van der Waals surface area contributed by atoms with Gasteiger partial charge in [0.1, 0.15) is 0 Å². The minimum atomic E-state index is -3.22. The molecule has 1 atom stereocenters. The van der Waals surface area contributed by atoms with Crippen LogP contribution >= 0.6 is 11.3 Å². The van der Waals surface area contributed by atoms with Crippen LogP contribution in [0.4, 0.5) is 9.93 Å². The molecule has 8 heteroatoms. The van der Waals surface area contributed by atoms with E-state index in [1.807, 2.05) is 6.92 Å². The summed E-state index contributed by atoms with van der Waals surface area (Å²) >= 11 is 1.34. The molecule has 1 heterocycles. The Balaban J connectivity index is 2.09. The number of carbonyl (C=O) groups excluding carboxylic acids is 1. The number of thiazole rings is 1. The van der Waals surface area contributed by atoms with Crippen LogP contribution in [0.15, 0.2) is 40.7 Å². The zero-order chi connectivity index (χ0) is 16.3. The SMILES string of the molecule is CC(c1ccc(S(C)(=O)=O)cc1)N(C)C(=O)Nc1nccs1. The highest BCUT2D eigenvalue weighted by Gasteiger charge is 2.18. The Kier molecular flexibility index (Phi) is 4.82. The summed E-state index contributed by atoms with van der Waals surface area (Å²) in [7, 11) is -1.54. The average molecular weight is 339 g/mol. The maximum Gasteiger partial charge on any atom is 0.323 e. The Bertz CT molecular complexity index is 740. The molecule has 2 rings (SSSR count). The van der Waals surface area contributed by atoms with Gasteiger partial charge in [-0.1, -0.05) is 12.1 Å². The second-order valence-electron chi connectivity index (χ2n) is 4.90. The first kappa shape index (κ1) is 16.4. The van der Waals surface area contributed by atoms with Gasteiger partial charge in [0, 0.05) is 24.9 Å². The number of hydrogen-bond donors (Lipinski definition) is 1. The molecule has 0 saturated heterocycles. The van der Waals surface area contributed by atoms with Crippen molar-refractivity contribution in [2.24, 2.45) is 0 Å². The Hall–Kier alpha value is -1.93. The van der Waals surface area contributed by atoms with Crippen LogP contribution in [-0.2, 0) is 9.84 Å². The predicted octanol–water partition coefficient (Wildman–Crippen LogP) is 2.77. The number of amides is 2. The van der Waals surface area contributed by atoms with Crippen molar-refractivity contribution in [3.63, 3.8) is 0 Å². The summed E-state index contributed by atoms with van der Waals surface area (Å²) in [5.41, 5.74) is 0.851. The molecule has 1 N–H and O–H groups in total. The first-order chi connectivity index (χ1) is 10.3. The van der Waals surface area contributed by atoms with Crippen molar-refractivity contribution in [1.82, 2.24) is 9.88 Å². The fourth-order valence-corrected chi connectivity index (χ4v) is 3.01. The van der Waals surface area contributed by atoms with Gasteiger partial charge in [-0.2, -0.15) is 0 Å². The van der Waals surface area contributed by atoms with E-state index >= 15 is 0 Å². The van der Waals surface area contributed by atoms with E-state index in [1.165, 1.54) is 22.5 Å². The van der Waals surface area contributed by atoms with E-state index in [4.69, 9.17) is 0 Å². The lowest BCUT2D eigenvalue weighted by Gasteiger charge is -2.25. The molecule has 118 valence electrons. The van der Waals surface area contributed by atoms with Gasteiger partial charge in [0.15, 0.2) is 15.0 Å². The van der Waals surface area contributed by atoms with Gasteiger partial charge in [0.2, 0.25) is 0 Å². The van der Waals surface area contributed by atoms with Crippen LogP contribution in [0.5, 0.6) is 0 Å². The summed E-state index contributed by atoms with van der Waals surface area (Å²) in [5, 5.41) is 5.03. The topological polar surface area (TPSA) is 79.4 Å². The molecule has 6 nitrogen and oxygen atoms in total. The number of carbonyl (C=O) groups is 1. The monoisotopic (exact) mass is 339 g/mol. The Morgan fingerprint density at radius 2 is 1.95 bits per heavy atom. The van der Waals surface area contributed by atoms with Crippen LogP contribution in [0, 0.1) is 0 Å². The lowest BCUT2D eigenvalue weighted by molar-refractivity contribution is 0.208. The van der Waals surface area contributed by atoms with Gasteiger partial charge in [-0.25, -0.2) is 18.2 Å². The standard InChI is InChI=1S/C14H17N3O3S2/c1-10(11-4-6-12(7-5-11)22(3,19)20)17(2)14(18)16-13-15-8-9-21-13/h4-10H,1-3H3,(H,15,16,18). The lowest BCUT2D eigenvalue weighted by atomic mass is 10.1. The molecule has 2 aromatic rings. The predicted molar refractivity (Wildman–Crippen MR) is 86.9 cm³/mol. The van der Waals surface area contributed by atoms with E-state index in [2.05, 4.69) is 10.3 Å². The van der Waals surface area contributed by atoms with Crippen molar-refractivity contribution in [1.29, 1.82) is 0 Å². The van der Waals surface area contributed by atoms with Gasteiger partial charge < -0.3 is 4.90 Å². The summed E-state index contributed by atoms with van der Waals surface area (Å²) in [4.78, 5) is 17.9. The fourth-order valence-electron chi connectivity index (χ4n) is 1.86. The number of anilines is 1. The van der Waals surface area contributed by atoms with Crippen LogP contribution in [-0.4, -0.2) is 37.6 Å². The van der Waals surface area contributed by atoms with E-state index in [0.29, 0.717) is 5.13 Å². The van der Waals surface area contributed by atoms with E-state index in [9.17, 15) is 13.2 Å². The quantitative estimate of drug-likeness (QED) is 0.929. The average Bonchev–Trinajstić information content (AvgIpc) is 2.97. The second kappa shape index (κ2) is 6.45. The van der Waals surface area contributed by atoms with E-state index in [1.54, 1.807) is 42.9 Å². The van der Waals surface area contributed by atoms with Crippen LogP contribution in [0.3, 0.4) is 0 Å². The van der Waals surface area contributed by atoms with E-state index in [0.717, 1.165) is 5.56 Å². The molecule has 0 bridgehead atoms. The molecule has 0 saturated carbocycles. The molecule has 0 radical (unpaired) electrons. The molecule has 0 spiro atoms. The van der Waals surface area contributed by atoms with Crippen LogP contribution in [0.1, 0.15) is 18.5 Å². The molecule has 0 fully saturated rings. The largest absolute Gasteiger partial charge is 0.323 e. The zero-order valence-corrected chi connectivity index (χ0v) is 14.1. The Labute approximate surface area is 133 Å². The maximum absolute atomic E-state index is 12.1. The van der Waals surface area contributed by atoms with Crippen LogP contribution in [0.25, 0.3) is 0 Å². The van der Waals surface area contributed by atoms with E-state index in [-0.39, 0.29) is 17.0 Å². The van der Waals surface area contributed by atoms with Gasteiger partial charge in [0.25, 0.3) is 0 Å². The normalized spacial score (nSPS) is 12.7. The van der Waals surface area contributed by atoms with Crippen LogP contribution < -0.4 is 5.32 Å². The highest BCUT2D eigenvalue weighted by molar-refractivity contribution is 7.90. The zero-order valence-electron chi connectivity index (χ0n) is 12.5. The summed E-state index contributed by atoms with van der Waals surface area (Å²) < 4.78 is 22.9. The number of urea groups is 1. The first-order valence-electron chi connectivity index (χ1n) is 6.52. The lowest BCUT2D eigenvalue weighted by Crippen LogP contribution is -2.33. The minimum Gasteiger partial charge on any atom is -0.321 e. The van der Waals surface area contributed by atoms with Gasteiger partial charge in [-0.3, -0.25) is 5.32 Å². The number of benzene rings is 1. The van der Waals surface area contributed by atoms with Crippen molar-refractivity contribution < 1.29 is 13.2 Å². The van der Waals surface area contributed by atoms with Gasteiger partial charge in [-0.15, -0.1) is 11.3 Å². The van der Waals surface area contributed by atoms with Gasteiger partial charge >= 0.3 is 6.03 Å². The summed E-state index contributed by atoms with van der Waals surface area (Å²) in [6.45, 7) is 1.87. The van der Waals surface area contributed by atoms with E-state index < -0.39 is 9.84 Å². The molecular weight excluding hydrogens is 322 g/mol. The highest BCUT2D eigenvalue weighted by Crippen LogP contribution is 2.22. The second-order valence-corrected chi connectivity index (χ2v) is 7.81. The van der Waals surface area contributed by atoms with Crippen molar-refractivity contribution in [3.05, 3.63) is 41.4 Å². The number of sulfone groups is 1. The molecule has 0 aliphatic rings. The third kappa shape index (κ3) is 3.83. The fraction of sp³-hybridized carbons (Fsp3) is 0.286. The maximum atomic E-state index is 12.1. The number of nitrogens with zero attached hydrogens (tertiary/aromatic N) is 2. The molecule has 2 amide bonds. The third-order valence-electron chi connectivity index (χ3n) is 3.34. The van der Waals surface area contributed by atoms with Crippen molar-refractivity contribution >= 4 is 32.3 Å². The molecule has 1 aromatic heterocycles. The molecule has 1 aromatic carbocycles. The summed E-state index contributed by atoms with van der Waals surface area (Å²) in [5.74, 6) is 0. The van der Waals surface area contributed by atoms with Crippen molar-refractivity contribution in [2.45, 2.75) is 17.9 Å². The van der Waals surface area contributed by atoms with Crippen LogP contribution in [0.2, 0.25) is 0 Å². The number of nitrogens with one attached hydrogen (secondary N) is 1. The Morgan fingerprint density at radius 1 is 1.32 bits per heavy atom. The minimum absolute atomic E-state index is 0.200. The molecule has 22 heavy (non-hydrogen) atoms. The molecule has 0 aliphatic heterocycles. The van der Waals surface area contributed by atoms with Crippen molar-refractivity contribution in [2.75, 3.05) is 18.6 Å². The molecular formula is C14H17N3O3S2. The first-order valence-corrected chi connectivity index (χ1v) is 9.29. The summed E-state index contributed by atoms with van der Waals surface area (Å²) in [6, 6.07) is 6.06. The number of hydrogen-bond acceptors (Lipinski definition) is 5.